The average molecular weight is 358 g/mol. The monoisotopic (exact) mass is 357 g/mol. The van der Waals surface area contributed by atoms with Gasteiger partial charge in [-0.05, 0) is 38.1 Å². The van der Waals surface area contributed by atoms with Crippen LogP contribution in [0.25, 0.3) is 5.70 Å². The fourth-order valence-corrected chi connectivity index (χ4v) is 2.85. The van der Waals surface area contributed by atoms with E-state index in [1.54, 1.807) is 38.1 Å². The first-order chi connectivity index (χ1) is 11.7. The number of nitriles is 1. The van der Waals surface area contributed by atoms with Crippen molar-refractivity contribution in [3.63, 3.8) is 0 Å². The molecule has 7 nitrogen and oxygen atoms in total. The van der Waals surface area contributed by atoms with Gasteiger partial charge >= 0.3 is 11.2 Å². The van der Waals surface area contributed by atoms with E-state index in [1.807, 2.05) is 6.07 Å². The van der Waals surface area contributed by atoms with Gasteiger partial charge in [0, 0.05) is 17.8 Å². The van der Waals surface area contributed by atoms with E-state index in [0.29, 0.717) is 22.6 Å². The molecule has 0 saturated heterocycles. The van der Waals surface area contributed by atoms with Crippen LogP contribution in [0.3, 0.4) is 0 Å². The third kappa shape index (κ3) is 2.99. The average Bonchev–Trinajstić information content (AvgIpc) is 2.54. The zero-order valence-corrected chi connectivity index (χ0v) is 14.1. The maximum atomic E-state index is 12.6. The molecule has 0 unspecified atom stereocenters. The quantitative estimate of drug-likeness (QED) is 0.606. The first-order valence-electron chi connectivity index (χ1n) is 7.25. The first-order valence-corrected chi connectivity index (χ1v) is 7.63. The molecule has 0 bridgehead atoms. The second kappa shape index (κ2) is 5.76. The lowest BCUT2D eigenvalue weighted by atomic mass is 9.97. The van der Waals surface area contributed by atoms with Crippen LogP contribution in [-0.2, 0) is 0 Å². The van der Waals surface area contributed by atoms with Crippen LogP contribution in [0.4, 0.5) is 5.69 Å². The maximum Gasteiger partial charge on any atom is 0.335 e. The van der Waals surface area contributed by atoms with Crippen LogP contribution in [0.5, 0.6) is 5.75 Å². The summed E-state index contributed by atoms with van der Waals surface area (Å²) in [5.41, 5.74) is -0.969. The van der Waals surface area contributed by atoms with Crippen molar-refractivity contribution in [3.05, 3.63) is 73.2 Å². The van der Waals surface area contributed by atoms with Crippen LogP contribution in [0.1, 0.15) is 25.0 Å². The number of hydrogen-bond donors (Lipinski definition) is 0. The highest BCUT2D eigenvalue weighted by Crippen LogP contribution is 2.37. The molecule has 0 fully saturated rings. The van der Waals surface area contributed by atoms with Crippen molar-refractivity contribution >= 4 is 23.0 Å². The van der Waals surface area contributed by atoms with E-state index in [0.717, 1.165) is 10.6 Å². The topological polar surface area (TPSA) is 98.2 Å². The summed E-state index contributed by atoms with van der Waals surface area (Å²) < 4.78 is 6.97. The number of pyridine rings is 1. The number of nitrogens with zero attached hydrogens (tertiary/aromatic N) is 3. The molecular weight excluding hydrogens is 346 g/mol. The number of nitro groups is 1. The molecule has 0 N–H and O–H groups in total. The molecule has 3 rings (SSSR count). The summed E-state index contributed by atoms with van der Waals surface area (Å²) in [6.07, 6.45) is 2.98. The largest absolute Gasteiger partial charge is 0.483 e. The van der Waals surface area contributed by atoms with Gasteiger partial charge in [0.05, 0.1) is 27.3 Å². The first kappa shape index (κ1) is 16.7. The van der Waals surface area contributed by atoms with Crippen LogP contribution in [0, 0.1) is 21.4 Å². The Labute approximate surface area is 147 Å². The van der Waals surface area contributed by atoms with Crippen molar-refractivity contribution in [1.29, 1.82) is 5.26 Å². The number of hydrogen-bond acceptors (Lipinski definition) is 5. The van der Waals surface area contributed by atoms with Crippen LogP contribution in [-0.4, -0.2) is 15.1 Å². The third-order valence-electron chi connectivity index (χ3n) is 3.66. The van der Waals surface area contributed by atoms with Crippen LogP contribution < -0.4 is 10.3 Å². The van der Waals surface area contributed by atoms with Gasteiger partial charge in [-0.2, -0.15) is 5.26 Å². The molecule has 1 aromatic heterocycles. The van der Waals surface area contributed by atoms with Gasteiger partial charge in [-0.3, -0.25) is 19.5 Å². The van der Waals surface area contributed by atoms with E-state index in [4.69, 9.17) is 21.6 Å². The Balaban J connectivity index is 2.34. The fraction of sp³-hybridized carbons (Fsp3) is 0.176. The smallest absolute Gasteiger partial charge is 0.335 e. The van der Waals surface area contributed by atoms with Gasteiger partial charge in [-0.15, -0.1) is 0 Å². The molecule has 0 spiro atoms. The zero-order valence-electron chi connectivity index (χ0n) is 13.3. The maximum absolute atomic E-state index is 12.6. The van der Waals surface area contributed by atoms with E-state index in [-0.39, 0.29) is 5.02 Å². The second-order valence-electron chi connectivity index (χ2n) is 6.03. The van der Waals surface area contributed by atoms with E-state index in [9.17, 15) is 14.9 Å². The van der Waals surface area contributed by atoms with E-state index >= 15 is 0 Å². The second-order valence-corrected chi connectivity index (χ2v) is 6.47. The number of fused-ring (bicyclic) bond motifs is 1. The highest BCUT2D eigenvalue weighted by molar-refractivity contribution is 6.30. The summed E-state index contributed by atoms with van der Waals surface area (Å²) in [7, 11) is 0. The Hall–Kier alpha value is -3.11. The molecule has 0 radical (unpaired) electrons. The molecule has 1 aliphatic heterocycles. The minimum absolute atomic E-state index is 0.0504. The van der Waals surface area contributed by atoms with Gasteiger partial charge in [-0.1, -0.05) is 11.6 Å². The molecule has 0 amide bonds. The lowest BCUT2D eigenvalue weighted by molar-refractivity contribution is -0.386. The Morgan fingerprint density at radius 2 is 2.08 bits per heavy atom. The Kier molecular flexibility index (Phi) is 3.85. The van der Waals surface area contributed by atoms with Gasteiger partial charge in [0.1, 0.15) is 11.4 Å². The van der Waals surface area contributed by atoms with Gasteiger partial charge in [0.15, 0.2) is 0 Å². The highest BCUT2D eigenvalue weighted by Gasteiger charge is 2.29. The molecule has 0 atom stereocenters. The molecule has 25 heavy (non-hydrogen) atoms. The van der Waals surface area contributed by atoms with E-state index in [2.05, 4.69) is 0 Å². The van der Waals surface area contributed by atoms with E-state index in [1.165, 1.54) is 6.20 Å². The lowest BCUT2D eigenvalue weighted by Gasteiger charge is -2.31. The van der Waals surface area contributed by atoms with Crippen LogP contribution in [0.15, 0.2) is 41.3 Å². The molecule has 2 heterocycles. The number of aromatic nitrogens is 1. The number of halogens is 1. The minimum atomic E-state index is -0.813. The molecule has 0 saturated carbocycles. The van der Waals surface area contributed by atoms with Crippen LogP contribution >= 0.6 is 11.6 Å². The van der Waals surface area contributed by atoms with Crippen molar-refractivity contribution in [2.45, 2.75) is 19.4 Å². The van der Waals surface area contributed by atoms with Gasteiger partial charge in [0.25, 0.3) is 0 Å². The van der Waals surface area contributed by atoms with Gasteiger partial charge in [0.2, 0.25) is 0 Å². The number of benzene rings is 1. The number of rotatable bonds is 2. The predicted octanol–water partition coefficient (Wildman–Crippen LogP) is 3.34. The number of ether oxygens (including phenoxy) is 1. The van der Waals surface area contributed by atoms with Crippen molar-refractivity contribution in [2.24, 2.45) is 0 Å². The van der Waals surface area contributed by atoms with Crippen molar-refractivity contribution in [1.82, 2.24) is 4.57 Å². The van der Waals surface area contributed by atoms with Crippen molar-refractivity contribution < 1.29 is 9.66 Å². The standard InChI is InChI=1S/C17H12ClN3O4/c1-17(2)7-14(12-5-10(8-19)3-4-15(12)25-17)20-9-11(18)6-13(16(20)22)21(23)24/h3-7,9H,1-2H3. The molecule has 8 heteroatoms. The zero-order chi connectivity index (χ0) is 18.4. The van der Waals surface area contributed by atoms with Gasteiger partial charge < -0.3 is 4.74 Å². The van der Waals surface area contributed by atoms with Crippen LogP contribution in [0.2, 0.25) is 5.02 Å². The lowest BCUT2D eigenvalue weighted by Crippen LogP contribution is -2.32. The summed E-state index contributed by atoms with van der Waals surface area (Å²) in [6, 6.07) is 7.83. The molecule has 2 aromatic rings. The molecule has 0 aliphatic carbocycles. The predicted molar refractivity (Wildman–Crippen MR) is 91.6 cm³/mol. The van der Waals surface area contributed by atoms with Crippen molar-refractivity contribution in [3.8, 4) is 11.8 Å². The molecular formula is C17H12ClN3O4. The van der Waals surface area contributed by atoms with Gasteiger partial charge in [-0.25, -0.2) is 0 Å². The summed E-state index contributed by atoms with van der Waals surface area (Å²) >= 11 is 5.97. The molecule has 1 aliphatic rings. The normalized spacial score (nSPS) is 14.7. The molecule has 126 valence electrons. The Bertz CT molecular complexity index is 1030. The summed E-state index contributed by atoms with van der Waals surface area (Å²) in [4.78, 5) is 22.9. The van der Waals surface area contributed by atoms with E-state index < -0.39 is 21.8 Å². The Morgan fingerprint density at radius 3 is 2.72 bits per heavy atom. The SMILES string of the molecule is CC1(C)C=C(n2cc(Cl)cc([N+](=O)[O-])c2=O)c2cc(C#N)ccc2O1. The summed E-state index contributed by atoms with van der Waals surface area (Å²) in [5, 5.41) is 20.3. The fourth-order valence-electron chi connectivity index (χ4n) is 2.65. The highest BCUT2D eigenvalue weighted by atomic mass is 35.5. The minimum Gasteiger partial charge on any atom is -0.483 e. The summed E-state index contributed by atoms with van der Waals surface area (Å²) in [5.74, 6) is 0.469. The third-order valence-corrected chi connectivity index (χ3v) is 3.87. The molecule has 1 aromatic carbocycles. The summed E-state index contributed by atoms with van der Waals surface area (Å²) in [6.45, 7) is 3.58. The Morgan fingerprint density at radius 1 is 1.36 bits per heavy atom. The van der Waals surface area contributed by atoms with Crippen molar-refractivity contribution in [2.75, 3.05) is 0 Å².